The number of benzene rings is 1. The summed E-state index contributed by atoms with van der Waals surface area (Å²) >= 11 is 0. The Balaban J connectivity index is 1.80. The van der Waals surface area contributed by atoms with Gasteiger partial charge in [0.1, 0.15) is 18.1 Å². The molecule has 5 nitrogen and oxygen atoms in total. The zero-order chi connectivity index (χ0) is 16.9. The van der Waals surface area contributed by atoms with Gasteiger partial charge in [-0.25, -0.2) is 0 Å². The van der Waals surface area contributed by atoms with Crippen LogP contribution in [-0.4, -0.2) is 29.3 Å². The number of aromatic amines is 1. The van der Waals surface area contributed by atoms with Crippen molar-refractivity contribution >= 4 is 5.91 Å². The molecule has 1 aromatic carbocycles. The van der Waals surface area contributed by atoms with Gasteiger partial charge in [0.05, 0.1) is 12.1 Å². The summed E-state index contributed by atoms with van der Waals surface area (Å²) in [6.45, 7) is 2.14. The van der Waals surface area contributed by atoms with Gasteiger partial charge in [-0.3, -0.25) is 9.89 Å². The largest absolute Gasteiger partial charge is 0.492 e. The molecule has 0 aliphatic rings. The van der Waals surface area contributed by atoms with Crippen molar-refractivity contribution in [2.45, 2.75) is 19.5 Å². The number of nitrogens with one attached hydrogen (secondary N) is 2. The second-order valence-electron chi connectivity index (χ2n) is 4.76. The van der Waals surface area contributed by atoms with Gasteiger partial charge in [0.2, 0.25) is 0 Å². The molecule has 0 atom stereocenters. The third-order valence-electron chi connectivity index (χ3n) is 3.06. The van der Waals surface area contributed by atoms with Gasteiger partial charge < -0.3 is 10.1 Å². The monoisotopic (exact) mass is 327 g/mol. The first-order valence-corrected chi connectivity index (χ1v) is 7.02. The Bertz CT molecular complexity index is 668. The number of aryl methyl sites for hydroxylation is 1. The van der Waals surface area contributed by atoms with E-state index < -0.39 is 11.7 Å². The molecule has 2 N–H and O–H groups in total. The summed E-state index contributed by atoms with van der Waals surface area (Å²) in [5.74, 6) is -0.268. The van der Waals surface area contributed by atoms with E-state index in [9.17, 15) is 18.0 Å². The Morgan fingerprint density at radius 1 is 1.35 bits per heavy atom. The van der Waals surface area contributed by atoms with E-state index in [-0.39, 0.29) is 30.5 Å². The van der Waals surface area contributed by atoms with Crippen molar-refractivity contribution in [2.24, 2.45) is 0 Å². The van der Waals surface area contributed by atoms with Crippen molar-refractivity contribution in [3.05, 3.63) is 47.3 Å². The first-order valence-electron chi connectivity index (χ1n) is 7.02. The molecule has 0 aliphatic heterocycles. The van der Waals surface area contributed by atoms with Gasteiger partial charge in [-0.05, 0) is 30.7 Å². The number of halogens is 3. The van der Waals surface area contributed by atoms with E-state index in [1.54, 1.807) is 6.07 Å². The normalized spacial score (nSPS) is 11.3. The molecule has 2 aromatic rings. The maximum atomic E-state index is 12.6. The van der Waals surface area contributed by atoms with Gasteiger partial charge in [-0.15, -0.1) is 0 Å². The third kappa shape index (κ3) is 4.73. The number of nitrogens with zero attached hydrogens (tertiary/aromatic N) is 1. The lowest BCUT2D eigenvalue weighted by Gasteiger charge is -2.10. The van der Waals surface area contributed by atoms with Crippen LogP contribution in [0.4, 0.5) is 13.2 Å². The number of hydrogen-bond donors (Lipinski definition) is 2. The average Bonchev–Trinajstić information content (AvgIpc) is 3.00. The minimum Gasteiger partial charge on any atom is -0.492 e. The highest BCUT2D eigenvalue weighted by atomic mass is 19.4. The summed E-state index contributed by atoms with van der Waals surface area (Å²) in [5, 5.41) is 9.17. The maximum absolute atomic E-state index is 12.6. The number of ether oxygens (including phenoxy) is 1. The molecule has 0 unspecified atom stereocenters. The fraction of sp³-hybridized carbons (Fsp3) is 0.333. The van der Waals surface area contributed by atoms with Crippen LogP contribution in [0.5, 0.6) is 5.75 Å². The fourth-order valence-corrected chi connectivity index (χ4v) is 1.85. The molecule has 2 rings (SSSR count). The van der Waals surface area contributed by atoms with Gasteiger partial charge in [0.15, 0.2) is 0 Å². The first kappa shape index (κ1) is 16.9. The quantitative estimate of drug-likeness (QED) is 0.802. The van der Waals surface area contributed by atoms with Crippen molar-refractivity contribution in [1.29, 1.82) is 0 Å². The van der Waals surface area contributed by atoms with Crippen LogP contribution in [0.3, 0.4) is 0 Å². The molecule has 1 aromatic heterocycles. The number of amides is 1. The number of rotatable bonds is 6. The van der Waals surface area contributed by atoms with Crippen LogP contribution >= 0.6 is 0 Å². The number of alkyl halides is 3. The van der Waals surface area contributed by atoms with Gasteiger partial charge in [-0.1, -0.05) is 13.0 Å². The minimum atomic E-state index is -4.41. The highest BCUT2D eigenvalue weighted by Gasteiger charge is 2.30. The molecule has 23 heavy (non-hydrogen) atoms. The van der Waals surface area contributed by atoms with Crippen molar-refractivity contribution in [2.75, 3.05) is 13.2 Å². The molecular formula is C15H16F3N3O2. The van der Waals surface area contributed by atoms with E-state index in [2.05, 4.69) is 15.5 Å². The first-order chi connectivity index (χ1) is 10.9. The van der Waals surface area contributed by atoms with Gasteiger partial charge >= 0.3 is 6.18 Å². The minimum absolute atomic E-state index is 0.0537. The van der Waals surface area contributed by atoms with Crippen LogP contribution in [0, 0.1) is 0 Å². The SMILES string of the molecule is CCc1cc(C(=O)NCCOc2cccc(C(F)(F)F)c2)n[nH]1. The standard InChI is InChI=1S/C15H16F3N3O2/c1-2-11-9-13(21-20-11)14(22)19-6-7-23-12-5-3-4-10(8-12)15(16,17)18/h3-5,8-9H,2,6-7H2,1H3,(H,19,22)(H,20,21). The fourth-order valence-electron chi connectivity index (χ4n) is 1.85. The number of hydrogen-bond acceptors (Lipinski definition) is 3. The Kier molecular flexibility index (Phi) is 5.25. The summed E-state index contributed by atoms with van der Waals surface area (Å²) in [4.78, 5) is 11.8. The molecule has 124 valence electrons. The van der Waals surface area contributed by atoms with Gasteiger partial charge in [0.25, 0.3) is 5.91 Å². The maximum Gasteiger partial charge on any atom is 0.416 e. The Labute approximate surface area is 130 Å². The lowest BCUT2D eigenvalue weighted by molar-refractivity contribution is -0.137. The number of carbonyl (C=O) groups excluding carboxylic acids is 1. The molecule has 1 heterocycles. The van der Waals surface area contributed by atoms with Gasteiger partial charge in [-0.2, -0.15) is 18.3 Å². The van der Waals surface area contributed by atoms with Crippen LogP contribution in [0.25, 0.3) is 0 Å². The molecule has 8 heteroatoms. The van der Waals surface area contributed by atoms with E-state index in [1.165, 1.54) is 12.1 Å². The molecule has 0 aliphatic carbocycles. The zero-order valence-electron chi connectivity index (χ0n) is 12.4. The summed E-state index contributed by atoms with van der Waals surface area (Å²) in [6, 6.07) is 6.23. The highest BCUT2D eigenvalue weighted by molar-refractivity contribution is 5.92. The van der Waals surface area contributed by atoms with Crippen LogP contribution in [-0.2, 0) is 12.6 Å². The summed E-state index contributed by atoms with van der Waals surface area (Å²) in [7, 11) is 0. The van der Waals surface area contributed by atoms with Crippen LogP contribution in [0.15, 0.2) is 30.3 Å². The number of carbonyl (C=O) groups is 1. The molecule has 1 amide bonds. The van der Waals surface area contributed by atoms with E-state index >= 15 is 0 Å². The molecule has 0 spiro atoms. The topological polar surface area (TPSA) is 67.0 Å². The predicted octanol–water partition coefficient (Wildman–Crippen LogP) is 2.80. The zero-order valence-corrected chi connectivity index (χ0v) is 12.4. The van der Waals surface area contributed by atoms with Crippen LogP contribution in [0.1, 0.15) is 28.7 Å². The highest BCUT2D eigenvalue weighted by Crippen LogP contribution is 2.31. The summed E-state index contributed by atoms with van der Waals surface area (Å²) in [6.07, 6.45) is -3.68. The van der Waals surface area contributed by atoms with E-state index in [0.717, 1.165) is 24.2 Å². The number of H-pyrrole nitrogens is 1. The lowest BCUT2D eigenvalue weighted by Crippen LogP contribution is -2.28. The average molecular weight is 327 g/mol. The summed E-state index contributed by atoms with van der Waals surface area (Å²) in [5.41, 5.74) is 0.332. The molecule has 0 radical (unpaired) electrons. The third-order valence-corrected chi connectivity index (χ3v) is 3.06. The van der Waals surface area contributed by atoms with E-state index in [0.29, 0.717) is 0 Å². The summed E-state index contributed by atoms with van der Waals surface area (Å²) < 4.78 is 42.9. The smallest absolute Gasteiger partial charge is 0.416 e. The second kappa shape index (κ2) is 7.17. The van der Waals surface area contributed by atoms with Crippen molar-refractivity contribution in [3.63, 3.8) is 0 Å². The van der Waals surface area contributed by atoms with Crippen LogP contribution in [0.2, 0.25) is 0 Å². The molecular weight excluding hydrogens is 311 g/mol. The van der Waals surface area contributed by atoms with Gasteiger partial charge in [0, 0.05) is 5.69 Å². The van der Waals surface area contributed by atoms with E-state index in [1.807, 2.05) is 6.92 Å². The molecule has 0 fully saturated rings. The molecule has 0 bridgehead atoms. The van der Waals surface area contributed by atoms with Crippen molar-refractivity contribution in [3.8, 4) is 5.75 Å². The lowest BCUT2D eigenvalue weighted by atomic mass is 10.2. The Morgan fingerprint density at radius 2 is 2.13 bits per heavy atom. The van der Waals surface area contributed by atoms with Crippen molar-refractivity contribution in [1.82, 2.24) is 15.5 Å². The van der Waals surface area contributed by atoms with Crippen LogP contribution < -0.4 is 10.1 Å². The van der Waals surface area contributed by atoms with E-state index in [4.69, 9.17) is 4.74 Å². The predicted molar refractivity (Wildman–Crippen MR) is 77.2 cm³/mol. The second-order valence-corrected chi connectivity index (χ2v) is 4.76. The number of aromatic nitrogens is 2. The molecule has 0 saturated carbocycles. The Morgan fingerprint density at radius 3 is 2.78 bits per heavy atom. The Hall–Kier alpha value is -2.51. The van der Waals surface area contributed by atoms with Crippen molar-refractivity contribution < 1.29 is 22.7 Å². The molecule has 0 saturated heterocycles.